The molecule has 1 amide bonds. The molecule has 0 fully saturated rings. The number of carbonyl (C=O) groups is 1. The van der Waals surface area contributed by atoms with Crippen molar-refractivity contribution < 1.29 is 19.0 Å². The molecule has 0 aliphatic carbocycles. The molecule has 1 heterocycles. The van der Waals surface area contributed by atoms with Crippen molar-refractivity contribution in [2.45, 2.75) is 13.3 Å². The van der Waals surface area contributed by atoms with Crippen LogP contribution in [0, 0.1) is 11.3 Å². The SMILES string of the molecule is CCc1nn(C)/c(=N\C(=O)/C(C#N)=C/c2ccc(OCOC)c(OC)c2)s1. The van der Waals surface area contributed by atoms with Crippen LogP contribution in [0.4, 0.5) is 0 Å². The summed E-state index contributed by atoms with van der Waals surface area (Å²) in [5.41, 5.74) is 0.522. The van der Waals surface area contributed by atoms with Gasteiger partial charge in [-0.05, 0) is 30.2 Å². The number of nitrogens with zero attached hydrogens (tertiary/aromatic N) is 4. The Morgan fingerprint density at radius 3 is 2.78 bits per heavy atom. The highest BCUT2D eigenvalue weighted by molar-refractivity contribution is 7.08. The smallest absolute Gasteiger partial charge is 0.290 e. The minimum atomic E-state index is -0.627. The molecule has 8 nitrogen and oxygen atoms in total. The van der Waals surface area contributed by atoms with Crippen LogP contribution >= 0.6 is 11.3 Å². The fraction of sp³-hybridized carbons (Fsp3) is 0.333. The lowest BCUT2D eigenvalue weighted by atomic mass is 10.1. The van der Waals surface area contributed by atoms with Gasteiger partial charge in [-0.3, -0.25) is 4.79 Å². The Labute approximate surface area is 160 Å². The summed E-state index contributed by atoms with van der Waals surface area (Å²) in [6.07, 6.45) is 2.21. The summed E-state index contributed by atoms with van der Waals surface area (Å²) in [4.78, 5) is 16.9. The van der Waals surface area contributed by atoms with Gasteiger partial charge in [-0.1, -0.05) is 24.3 Å². The molecule has 27 heavy (non-hydrogen) atoms. The lowest BCUT2D eigenvalue weighted by Crippen LogP contribution is -2.15. The molecule has 1 aromatic heterocycles. The molecule has 0 saturated carbocycles. The molecule has 0 saturated heterocycles. The second-order valence-corrected chi connectivity index (χ2v) is 6.34. The van der Waals surface area contributed by atoms with Crippen molar-refractivity contribution in [3.05, 3.63) is 39.1 Å². The van der Waals surface area contributed by atoms with Gasteiger partial charge in [-0.25, -0.2) is 4.68 Å². The third-order valence-corrected chi connectivity index (χ3v) is 4.57. The number of rotatable bonds is 7. The molecule has 0 bridgehead atoms. The second-order valence-electron chi connectivity index (χ2n) is 5.30. The third-order valence-electron chi connectivity index (χ3n) is 3.43. The molecule has 0 spiro atoms. The van der Waals surface area contributed by atoms with Crippen LogP contribution in [0.25, 0.3) is 6.08 Å². The molecule has 2 rings (SSSR count). The van der Waals surface area contributed by atoms with Crippen LogP contribution in [-0.2, 0) is 23.0 Å². The molecule has 9 heteroatoms. The van der Waals surface area contributed by atoms with E-state index in [4.69, 9.17) is 14.2 Å². The highest BCUT2D eigenvalue weighted by Crippen LogP contribution is 2.29. The second kappa shape index (κ2) is 9.66. The molecule has 0 unspecified atom stereocenters. The van der Waals surface area contributed by atoms with Gasteiger partial charge < -0.3 is 14.2 Å². The van der Waals surface area contributed by atoms with Gasteiger partial charge in [-0.15, -0.1) is 0 Å². The fourth-order valence-corrected chi connectivity index (χ4v) is 2.93. The van der Waals surface area contributed by atoms with Crippen LogP contribution in [0.15, 0.2) is 28.8 Å². The van der Waals surface area contributed by atoms with E-state index in [1.807, 2.05) is 13.0 Å². The standard InChI is InChI=1S/C18H20N4O4S/c1-5-16-21-22(2)18(27-16)20-17(23)13(10-19)8-12-6-7-14(26-11-24-3)15(9-12)25-4/h6-9H,5,11H2,1-4H3/b13-8+,20-18+. The van der Waals surface area contributed by atoms with Gasteiger partial charge in [0, 0.05) is 14.2 Å². The monoisotopic (exact) mass is 388 g/mol. The Kier molecular flexibility index (Phi) is 7.28. The van der Waals surface area contributed by atoms with E-state index in [0.717, 1.165) is 11.4 Å². The number of amides is 1. The Hall–Kier alpha value is -2.96. The van der Waals surface area contributed by atoms with Gasteiger partial charge in [-0.2, -0.15) is 15.4 Å². The highest BCUT2D eigenvalue weighted by atomic mass is 32.1. The number of hydrogen-bond donors (Lipinski definition) is 0. The number of nitriles is 1. The van der Waals surface area contributed by atoms with Crippen molar-refractivity contribution in [3.63, 3.8) is 0 Å². The van der Waals surface area contributed by atoms with Crippen molar-refractivity contribution in [1.82, 2.24) is 9.78 Å². The van der Waals surface area contributed by atoms with Crippen molar-refractivity contribution in [2.24, 2.45) is 12.0 Å². The van der Waals surface area contributed by atoms with E-state index in [9.17, 15) is 10.1 Å². The van der Waals surface area contributed by atoms with Crippen molar-refractivity contribution in [2.75, 3.05) is 21.0 Å². The predicted octanol–water partition coefficient (Wildman–Crippen LogP) is 2.07. The molecule has 0 atom stereocenters. The molecule has 142 valence electrons. The van der Waals surface area contributed by atoms with E-state index in [0.29, 0.717) is 21.9 Å². The first-order valence-electron chi connectivity index (χ1n) is 8.06. The van der Waals surface area contributed by atoms with Gasteiger partial charge in [0.15, 0.2) is 18.3 Å². The van der Waals surface area contributed by atoms with E-state index in [-0.39, 0.29) is 12.4 Å². The van der Waals surface area contributed by atoms with E-state index >= 15 is 0 Å². The first-order valence-corrected chi connectivity index (χ1v) is 8.87. The molecule has 0 radical (unpaired) electrons. The van der Waals surface area contributed by atoms with Gasteiger partial charge in [0.25, 0.3) is 5.91 Å². The zero-order chi connectivity index (χ0) is 19.8. The lowest BCUT2D eigenvalue weighted by molar-refractivity contribution is -0.114. The number of benzene rings is 1. The minimum Gasteiger partial charge on any atom is -0.493 e. The largest absolute Gasteiger partial charge is 0.493 e. The zero-order valence-electron chi connectivity index (χ0n) is 15.6. The van der Waals surface area contributed by atoms with Gasteiger partial charge in [0.05, 0.1) is 7.11 Å². The molecule has 1 aromatic carbocycles. The summed E-state index contributed by atoms with van der Waals surface area (Å²) in [7, 11) is 4.73. The average Bonchev–Trinajstić information content (AvgIpc) is 3.04. The number of aryl methyl sites for hydroxylation is 2. The maximum absolute atomic E-state index is 12.4. The van der Waals surface area contributed by atoms with E-state index in [1.54, 1.807) is 25.2 Å². The van der Waals surface area contributed by atoms with Crippen molar-refractivity contribution in [3.8, 4) is 17.6 Å². The van der Waals surface area contributed by atoms with E-state index in [2.05, 4.69) is 10.1 Å². The van der Waals surface area contributed by atoms with Gasteiger partial charge >= 0.3 is 0 Å². The maximum Gasteiger partial charge on any atom is 0.290 e. The summed E-state index contributed by atoms with van der Waals surface area (Å²) < 4.78 is 17.1. The summed E-state index contributed by atoms with van der Waals surface area (Å²) in [5, 5.41) is 14.5. The Balaban J connectivity index is 2.33. The first kappa shape index (κ1) is 20.4. The van der Waals surface area contributed by atoms with Crippen molar-refractivity contribution in [1.29, 1.82) is 5.26 Å². The van der Waals surface area contributed by atoms with Crippen LogP contribution in [0.5, 0.6) is 11.5 Å². The van der Waals surface area contributed by atoms with Crippen LogP contribution in [-0.4, -0.2) is 36.7 Å². The molecule has 0 aliphatic rings. The van der Waals surface area contributed by atoms with Gasteiger partial charge in [0.1, 0.15) is 16.6 Å². The number of hydrogen-bond acceptors (Lipinski definition) is 7. The molecular weight excluding hydrogens is 368 g/mol. The zero-order valence-corrected chi connectivity index (χ0v) is 16.4. The maximum atomic E-state index is 12.4. The molecule has 0 aliphatic heterocycles. The van der Waals surface area contributed by atoms with Crippen LogP contribution in [0.2, 0.25) is 0 Å². The van der Waals surface area contributed by atoms with Crippen LogP contribution < -0.4 is 14.3 Å². The minimum absolute atomic E-state index is 0.0813. The number of ether oxygens (including phenoxy) is 3. The van der Waals surface area contributed by atoms with Crippen LogP contribution in [0.3, 0.4) is 0 Å². The van der Waals surface area contributed by atoms with Crippen molar-refractivity contribution >= 4 is 23.3 Å². The van der Waals surface area contributed by atoms with E-state index < -0.39 is 5.91 Å². The first-order chi connectivity index (χ1) is 13.0. The lowest BCUT2D eigenvalue weighted by Gasteiger charge is -2.10. The fourth-order valence-electron chi connectivity index (χ4n) is 2.11. The number of carbonyl (C=O) groups excluding carboxylic acids is 1. The third kappa shape index (κ3) is 5.26. The average molecular weight is 388 g/mol. The molecule has 0 N–H and O–H groups in total. The summed E-state index contributed by atoms with van der Waals surface area (Å²) in [6, 6.07) is 6.95. The highest BCUT2D eigenvalue weighted by Gasteiger charge is 2.11. The normalized spacial score (nSPS) is 12.0. The molecule has 2 aromatic rings. The summed E-state index contributed by atoms with van der Waals surface area (Å²) >= 11 is 1.32. The number of aromatic nitrogens is 2. The quantitative estimate of drug-likeness (QED) is 0.409. The Bertz CT molecular complexity index is 953. The summed E-state index contributed by atoms with van der Waals surface area (Å²) in [5.74, 6) is 0.330. The Morgan fingerprint density at radius 1 is 1.41 bits per heavy atom. The number of methoxy groups -OCH3 is 2. The molecular formula is C18H20N4O4S. The van der Waals surface area contributed by atoms with E-state index in [1.165, 1.54) is 36.3 Å². The van der Waals surface area contributed by atoms with Gasteiger partial charge in [0.2, 0.25) is 4.80 Å². The van der Waals surface area contributed by atoms with Crippen LogP contribution in [0.1, 0.15) is 17.5 Å². The summed E-state index contributed by atoms with van der Waals surface area (Å²) in [6.45, 7) is 2.05. The topological polar surface area (TPSA) is 98.7 Å². The predicted molar refractivity (Wildman–Crippen MR) is 100 cm³/mol. The Morgan fingerprint density at radius 2 is 2.19 bits per heavy atom.